The van der Waals surface area contributed by atoms with Crippen LogP contribution in [0.2, 0.25) is 5.02 Å². The molecule has 2 N–H and O–H groups in total. The maximum Gasteiger partial charge on any atom is 0.315 e. The van der Waals surface area contributed by atoms with E-state index in [-0.39, 0.29) is 12.6 Å². The van der Waals surface area contributed by atoms with Gasteiger partial charge in [0.05, 0.1) is 6.54 Å². The Kier molecular flexibility index (Phi) is 5.90. The third-order valence-electron chi connectivity index (χ3n) is 3.62. The van der Waals surface area contributed by atoms with Crippen molar-refractivity contribution in [3.05, 3.63) is 68.9 Å². The van der Waals surface area contributed by atoms with Gasteiger partial charge in [-0.05, 0) is 42.3 Å². The van der Waals surface area contributed by atoms with Crippen LogP contribution in [0, 0.1) is 6.92 Å². The number of hydrogen-bond acceptors (Lipinski definition) is 4. The summed E-state index contributed by atoms with van der Waals surface area (Å²) in [5.74, 6) is 0.803. The van der Waals surface area contributed by atoms with E-state index in [9.17, 15) is 4.79 Å². The van der Waals surface area contributed by atoms with Crippen LogP contribution >= 0.6 is 27.5 Å². The second kappa shape index (κ2) is 8.33. The number of nitrogens with zero attached hydrogens (tertiary/aromatic N) is 2. The minimum absolute atomic E-state index is 0.170. The molecule has 8 heteroatoms. The van der Waals surface area contributed by atoms with Gasteiger partial charge in [0.15, 0.2) is 5.82 Å². The lowest BCUT2D eigenvalue weighted by Crippen LogP contribution is -2.34. The highest BCUT2D eigenvalue weighted by Gasteiger charge is 2.10. The Balaban J connectivity index is 1.51. The number of urea groups is 1. The molecular formula is C18H16BrClN4O2. The van der Waals surface area contributed by atoms with Crippen LogP contribution in [0.4, 0.5) is 4.79 Å². The number of aromatic nitrogens is 2. The Bertz CT molecular complexity index is 929. The van der Waals surface area contributed by atoms with Crippen molar-refractivity contribution in [3.63, 3.8) is 0 Å². The SMILES string of the molecule is Cc1cc(CNC(=O)NCc2noc(-c3cccc(Br)c3)n2)ccc1Cl. The Labute approximate surface area is 164 Å². The highest BCUT2D eigenvalue weighted by Crippen LogP contribution is 2.21. The average Bonchev–Trinajstić information content (AvgIpc) is 3.10. The third kappa shape index (κ3) is 4.83. The van der Waals surface area contributed by atoms with E-state index in [4.69, 9.17) is 16.1 Å². The van der Waals surface area contributed by atoms with Gasteiger partial charge in [0.1, 0.15) is 0 Å². The maximum atomic E-state index is 11.9. The quantitative estimate of drug-likeness (QED) is 0.620. The topological polar surface area (TPSA) is 80.0 Å². The largest absolute Gasteiger partial charge is 0.334 e. The van der Waals surface area contributed by atoms with Crippen LogP contribution in [-0.4, -0.2) is 16.2 Å². The summed E-state index contributed by atoms with van der Waals surface area (Å²) in [4.78, 5) is 16.2. The molecule has 6 nitrogen and oxygen atoms in total. The fourth-order valence-corrected chi connectivity index (χ4v) is 2.80. The number of halogens is 2. The van der Waals surface area contributed by atoms with Gasteiger partial charge in [-0.15, -0.1) is 0 Å². The zero-order chi connectivity index (χ0) is 18.5. The van der Waals surface area contributed by atoms with Crippen molar-refractivity contribution in [2.75, 3.05) is 0 Å². The van der Waals surface area contributed by atoms with Gasteiger partial charge in [-0.3, -0.25) is 0 Å². The second-order valence-electron chi connectivity index (χ2n) is 5.65. The zero-order valence-corrected chi connectivity index (χ0v) is 16.3. The number of amides is 2. The minimum atomic E-state index is -0.314. The van der Waals surface area contributed by atoms with Crippen LogP contribution in [0.1, 0.15) is 17.0 Å². The van der Waals surface area contributed by atoms with Crippen LogP contribution in [-0.2, 0) is 13.1 Å². The van der Waals surface area contributed by atoms with Gasteiger partial charge in [-0.2, -0.15) is 4.98 Å². The molecule has 0 radical (unpaired) electrons. The van der Waals surface area contributed by atoms with Crippen molar-refractivity contribution in [1.82, 2.24) is 20.8 Å². The third-order valence-corrected chi connectivity index (χ3v) is 4.54. The van der Waals surface area contributed by atoms with Gasteiger partial charge in [-0.25, -0.2) is 4.79 Å². The molecule has 0 bridgehead atoms. The number of benzene rings is 2. The van der Waals surface area contributed by atoms with Crippen molar-refractivity contribution in [1.29, 1.82) is 0 Å². The number of nitrogens with one attached hydrogen (secondary N) is 2. The molecule has 0 aliphatic carbocycles. The van der Waals surface area contributed by atoms with E-state index in [0.717, 1.165) is 21.2 Å². The monoisotopic (exact) mass is 434 g/mol. The van der Waals surface area contributed by atoms with Crippen molar-refractivity contribution in [3.8, 4) is 11.5 Å². The molecule has 0 saturated heterocycles. The molecule has 0 spiro atoms. The summed E-state index contributed by atoms with van der Waals surface area (Å²) in [5.41, 5.74) is 2.75. The number of hydrogen-bond donors (Lipinski definition) is 2. The average molecular weight is 436 g/mol. The molecular weight excluding hydrogens is 420 g/mol. The first-order valence-corrected chi connectivity index (χ1v) is 9.03. The predicted octanol–water partition coefficient (Wildman–Crippen LogP) is 4.46. The van der Waals surface area contributed by atoms with E-state index >= 15 is 0 Å². The summed E-state index contributed by atoms with van der Waals surface area (Å²) in [6.07, 6.45) is 0. The van der Waals surface area contributed by atoms with Crippen molar-refractivity contribution in [2.24, 2.45) is 0 Å². The Morgan fingerprint density at radius 1 is 1.19 bits per heavy atom. The molecule has 134 valence electrons. The molecule has 0 unspecified atom stereocenters. The molecule has 0 aliphatic heterocycles. The van der Waals surface area contributed by atoms with Gasteiger partial charge >= 0.3 is 6.03 Å². The lowest BCUT2D eigenvalue weighted by atomic mass is 10.1. The second-order valence-corrected chi connectivity index (χ2v) is 6.97. The fourth-order valence-electron chi connectivity index (χ4n) is 2.29. The smallest absolute Gasteiger partial charge is 0.315 e. The Morgan fingerprint density at radius 3 is 2.77 bits per heavy atom. The lowest BCUT2D eigenvalue weighted by molar-refractivity contribution is 0.239. The van der Waals surface area contributed by atoms with Crippen LogP contribution in [0.5, 0.6) is 0 Å². The fraction of sp³-hybridized carbons (Fsp3) is 0.167. The van der Waals surface area contributed by atoms with E-state index in [0.29, 0.717) is 23.3 Å². The first-order valence-electron chi connectivity index (χ1n) is 7.86. The van der Waals surface area contributed by atoms with Gasteiger partial charge in [-0.1, -0.05) is 50.9 Å². The molecule has 1 heterocycles. The zero-order valence-electron chi connectivity index (χ0n) is 13.9. The summed E-state index contributed by atoms with van der Waals surface area (Å²) in [5, 5.41) is 10.1. The molecule has 3 rings (SSSR count). The molecule has 2 amide bonds. The van der Waals surface area contributed by atoms with Crippen LogP contribution < -0.4 is 10.6 Å². The lowest BCUT2D eigenvalue weighted by Gasteiger charge is -2.07. The highest BCUT2D eigenvalue weighted by molar-refractivity contribution is 9.10. The molecule has 1 aromatic heterocycles. The van der Waals surface area contributed by atoms with E-state index in [1.807, 2.05) is 49.4 Å². The van der Waals surface area contributed by atoms with Crippen LogP contribution in [0.15, 0.2) is 51.5 Å². The molecule has 0 saturated carbocycles. The Morgan fingerprint density at radius 2 is 2.00 bits per heavy atom. The summed E-state index contributed by atoms with van der Waals surface area (Å²) in [6.45, 7) is 2.49. The summed E-state index contributed by atoms with van der Waals surface area (Å²) < 4.78 is 6.15. The molecule has 0 atom stereocenters. The molecule has 2 aromatic carbocycles. The molecule has 0 fully saturated rings. The first-order chi connectivity index (χ1) is 12.5. The van der Waals surface area contributed by atoms with Gasteiger partial charge in [0, 0.05) is 21.6 Å². The van der Waals surface area contributed by atoms with E-state index < -0.39 is 0 Å². The van der Waals surface area contributed by atoms with Crippen molar-refractivity contribution >= 4 is 33.6 Å². The molecule has 0 aliphatic rings. The van der Waals surface area contributed by atoms with Gasteiger partial charge in [0.25, 0.3) is 5.89 Å². The predicted molar refractivity (Wildman–Crippen MR) is 103 cm³/mol. The number of rotatable bonds is 5. The van der Waals surface area contributed by atoms with Crippen LogP contribution in [0.25, 0.3) is 11.5 Å². The Hall–Kier alpha value is -2.38. The number of carbonyl (C=O) groups is 1. The van der Waals surface area contributed by atoms with Crippen molar-refractivity contribution < 1.29 is 9.32 Å². The van der Waals surface area contributed by atoms with E-state index in [1.165, 1.54) is 0 Å². The summed E-state index contributed by atoms with van der Waals surface area (Å²) in [6, 6.07) is 12.9. The summed E-state index contributed by atoms with van der Waals surface area (Å²) >= 11 is 9.39. The summed E-state index contributed by atoms with van der Waals surface area (Å²) in [7, 11) is 0. The molecule has 3 aromatic rings. The molecule has 26 heavy (non-hydrogen) atoms. The standard InChI is InChI=1S/C18H16BrClN4O2/c1-11-7-12(5-6-15(11)20)9-21-18(25)22-10-16-23-17(26-24-16)13-3-2-4-14(19)8-13/h2-8H,9-10H2,1H3,(H2,21,22,25). The van der Waals surface area contributed by atoms with Crippen LogP contribution in [0.3, 0.4) is 0 Å². The highest BCUT2D eigenvalue weighted by atomic mass is 79.9. The maximum absolute atomic E-state index is 11.9. The van der Waals surface area contributed by atoms with Gasteiger partial charge in [0.2, 0.25) is 0 Å². The van der Waals surface area contributed by atoms with Gasteiger partial charge < -0.3 is 15.2 Å². The number of carbonyl (C=O) groups excluding carboxylic acids is 1. The van der Waals surface area contributed by atoms with Crippen molar-refractivity contribution in [2.45, 2.75) is 20.0 Å². The van der Waals surface area contributed by atoms with E-state index in [2.05, 4.69) is 36.7 Å². The van der Waals surface area contributed by atoms with E-state index in [1.54, 1.807) is 0 Å². The number of aryl methyl sites for hydroxylation is 1. The first kappa shape index (κ1) is 18.4. The minimum Gasteiger partial charge on any atom is -0.334 e. The normalized spacial score (nSPS) is 10.6.